The van der Waals surface area contributed by atoms with Gasteiger partial charge >= 0.3 is 0 Å². The number of hydrogen-bond acceptors (Lipinski definition) is 4. The fourth-order valence-electron chi connectivity index (χ4n) is 6.67. The van der Waals surface area contributed by atoms with Gasteiger partial charge in [-0.2, -0.15) is 5.10 Å². The molecule has 2 fully saturated rings. The predicted molar refractivity (Wildman–Crippen MR) is 155 cm³/mol. The van der Waals surface area contributed by atoms with Crippen molar-refractivity contribution in [1.29, 1.82) is 0 Å². The lowest BCUT2D eigenvalue weighted by atomic mass is 9.92. The lowest BCUT2D eigenvalue weighted by molar-refractivity contribution is 0.152. The molecule has 2 aromatic heterocycles. The number of nitrogens with one attached hydrogen (secondary N) is 1. The van der Waals surface area contributed by atoms with Crippen molar-refractivity contribution in [2.24, 2.45) is 7.05 Å². The Kier molecular flexibility index (Phi) is 6.26. The predicted octanol–water partition coefficient (Wildman–Crippen LogP) is 6.53. The summed E-state index contributed by atoms with van der Waals surface area (Å²) in [6.07, 6.45) is 7.10. The van der Waals surface area contributed by atoms with Crippen LogP contribution in [0.3, 0.4) is 0 Å². The number of pyridine rings is 1. The number of piperidine rings is 1. The monoisotopic (exact) mass is 543 g/mol. The van der Waals surface area contributed by atoms with E-state index in [4.69, 9.17) is 0 Å². The van der Waals surface area contributed by atoms with Gasteiger partial charge in [0.1, 0.15) is 0 Å². The third-order valence-electron chi connectivity index (χ3n) is 9.06. The quantitative estimate of drug-likeness (QED) is 0.311. The molecule has 0 bridgehead atoms. The van der Waals surface area contributed by atoms with Crippen LogP contribution in [0.2, 0.25) is 0 Å². The highest BCUT2D eigenvalue weighted by atomic mass is 19.3. The summed E-state index contributed by atoms with van der Waals surface area (Å²) < 4.78 is 33.0. The fourth-order valence-corrected chi connectivity index (χ4v) is 6.67. The molecule has 1 aliphatic carbocycles. The van der Waals surface area contributed by atoms with E-state index in [0.717, 1.165) is 91.6 Å². The van der Waals surface area contributed by atoms with E-state index in [1.165, 1.54) is 5.56 Å². The van der Waals surface area contributed by atoms with Crippen LogP contribution < -0.4 is 15.8 Å². The van der Waals surface area contributed by atoms with Crippen molar-refractivity contribution in [3.8, 4) is 11.1 Å². The first-order valence-corrected chi connectivity index (χ1v) is 14.5. The minimum Gasteiger partial charge on any atom is -0.341 e. The Bertz CT molecular complexity index is 1660. The van der Waals surface area contributed by atoms with Gasteiger partial charge in [0.25, 0.3) is 12.0 Å². The molecule has 208 valence electrons. The van der Waals surface area contributed by atoms with Crippen molar-refractivity contribution in [3.05, 3.63) is 75.3 Å². The summed E-state index contributed by atoms with van der Waals surface area (Å²) in [5.74, 6) is 0.499. The molecule has 0 atom stereocenters. The zero-order valence-electron chi connectivity index (χ0n) is 23.1. The normalized spacial score (nSPS) is 18.1. The van der Waals surface area contributed by atoms with Crippen molar-refractivity contribution < 1.29 is 8.78 Å². The molecule has 0 radical (unpaired) electrons. The summed E-state index contributed by atoms with van der Waals surface area (Å²) in [6, 6.07) is 10.3. The Hall–Kier alpha value is -3.52. The van der Waals surface area contributed by atoms with Gasteiger partial charge in [-0.15, -0.1) is 0 Å². The molecule has 2 aromatic carbocycles. The maximum atomic E-state index is 14.7. The van der Waals surface area contributed by atoms with Crippen molar-refractivity contribution in [1.82, 2.24) is 19.7 Å². The number of nitrogens with zero attached hydrogens (tertiary/aromatic N) is 4. The Balaban J connectivity index is 1.36. The minimum atomic E-state index is -2.61. The molecule has 3 aliphatic rings. The Morgan fingerprint density at radius 1 is 1.02 bits per heavy atom. The van der Waals surface area contributed by atoms with Crippen LogP contribution in [0.25, 0.3) is 22.0 Å². The van der Waals surface area contributed by atoms with Gasteiger partial charge in [0.2, 0.25) is 0 Å². The number of hydrogen-bond donors (Lipinski definition) is 1. The Morgan fingerprint density at radius 3 is 2.58 bits per heavy atom. The number of aryl methyl sites for hydroxylation is 3. The first-order valence-electron chi connectivity index (χ1n) is 14.5. The highest BCUT2D eigenvalue weighted by Gasteiger charge is 2.29. The summed E-state index contributed by atoms with van der Waals surface area (Å²) in [5, 5.41) is 8.95. The molecule has 0 amide bonds. The molecule has 4 heterocycles. The van der Waals surface area contributed by atoms with Crippen molar-refractivity contribution in [3.63, 3.8) is 0 Å². The zero-order chi connectivity index (χ0) is 27.5. The van der Waals surface area contributed by atoms with Gasteiger partial charge in [-0.3, -0.25) is 9.48 Å². The van der Waals surface area contributed by atoms with Gasteiger partial charge in [-0.05, 0) is 111 Å². The van der Waals surface area contributed by atoms with Gasteiger partial charge in [0, 0.05) is 47.6 Å². The van der Waals surface area contributed by atoms with Crippen LogP contribution in [-0.4, -0.2) is 34.0 Å². The molecule has 8 heteroatoms. The van der Waals surface area contributed by atoms with Crippen molar-refractivity contribution >= 4 is 22.3 Å². The number of benzene rings is 2. The Labute approximate surface area is 232 Å². The number of alkyl halides is 2. The molecule has 7 rings (SSSR count). The molecule has 4 aromatic rings. The molecule has 0 unspecified atom stereocenters. The SMILES string of the molecule is Cc1cc2c(N3CCCc4cc(-c5cnn(C6CCNCC6)c5)c(C(F)F)cc43)cc(C3CC3)cc2n(C)c1=O. The highest BCUT2D eigenvalue weighted by Crippen LogP contribution is 2.47. The molecule has 1 saturated heterocycles. The van der Waals surface area contributed by atoms with Crippen molar-refractivity contribution in [2.75, 3.05) is 24.5 Å². The molecule has 1 saturated carbocycles. The van der Waals surface area contributed by atoms with E-state index in [2.05, 4.69) is 27.4 Å². The number of fused-ring (bicyclic) bond motifs is 2. The van der Waals surface area contributed by atoms with E-state index in [1.807, 2.05) is 37.0 Å². The van der Waals surface area contributed by atoms with Crippen LogP contribution in [0.5, 0.6) is 0 Å². The summed E-state index contributed by atoms with van der Waals surface area (Å²) >= 11 is 0. The van der Waals surface area contributed by atoms with Crippen LogP contribution in [-0.2, 0) is 13.5 Å². The molecule has 40 heavy (non-hydrogen) atoms. The van der Waals surface area contributed by atoms with E-state index >= 15 is 0 Å². The lowest BCUT2D eigenvalue weighted by Crippen LogP contribution is -2.29. The number of halogens is 2. The van der Waals surface area contributed by atoms with E-state index < -0.39 is 6.43 Å². The second-order valence-corrected chi connectivity index (χ2v) is 11.8. The molecular weight excluding hydrogens is 508 g/mol. The van der Waals surface area contributed by atoms with Gasteiger partial charge < -0.3 is 14.8 Å². The average molecular weight is 544 g/mol. The summed E-state index contributed by atoms with van der Waals surface area (Å²) in [6.45, 7) is 4.48. The first-order chi connectivity index (χ1) is 19.4. The summed E-state index contributed by atoms with van der Waals surface area (Å²) in [5.41, 5.74) is 7.10. The van der Waals surface area contributed by atoms with E-state index in [1.54, 1.807) is 16.8 Å². The summed E-state index contributed by atoms with van der Waals surface area (Å²) in [4.78, 5) is 15.0. The van der Waals surface area contributed by atoms with Gasteiger partial charge in [-0.1, -0.05) is 0 Å². The second-order valence-electron chi connectivity index (χ2n) is 11.8. The second kappa shape index (κ2) is 9.84. The third-order valence-corrected chi connectivity index (χ3v) is 9.06. The maximum absolute atomic E-state index is 14.7. The smallest absolute Gasteiger partial charge is 0.264 e. The molecule has 2 aliphatic heterocycles. The van der Waals surface area contributed by atoms with E-state index in [0.29, 0.717) is 23.1 Å². The largest absolute Gasteiger partial charge is 0.341 e. The van der Waals surface area contributed by atoms with Gasteiger partial charge in [-0.25, -0.2) is 8.78 Å². The van der Waals surface area contributed by atoms with Crippen molar-refractivity contribution in [2.45, 2.75) is 63.8 Å². The van der Waals surface area contributed by atoms with E-state index in [9.17, 15) is 13.6 Å². The van der Waals surface area contributed by atoms with Crippen LogP contribution >= 0.6 is 0 Å². The zero-order valence-corrected chi connectivity index (χ0v) is 23.1. The topological polar surface area (TPSA) is 55.1 Å². The van der Waals surface area contributed by atoms with Crippen LogP contribution in [0.15, 0.2) is 47.5 Å². The minimum absolute atomic E-state index is 0.0000979. The Morgan fingerprint density at radius 2 is 1.82 bits per heavy atom. The van der Waals surface area contributed by atoms with Crippen LogP contribution in [0, 0.1) is 6.92 Å². The average Bonchev–Trinajstić information content (AvgIpc) is 3.71. The highest BCUT2D eigenvalue weighted by molar-refractivity contribution is 5.96. The lowest BCUT2D eigenvalue weighted by Gasteiger charge is -2.34. The fraction of sp³-hybridized carbons (Fsp3) is 0.438. The van der Waals surface area contributed by atoms with Crippen LogP contribution in [0.4, 0.5) is 20.2 Å². The van der Waals surface area contributed by atoms with Gasteiger partial charge in [0.15, 0.2) is 0 Å². The molecule has 0 spiro atoms. The maximum Gasteiger partial charge on any atom is 0.264 e. The molecular formula is C32H35F2N5O. The number of rotatable bonds is 5. The van der Waals surface area contributed by atoms with Crippen LogP contribution in [0.1, 0.15) is 72.7 Å². The van der Waals surface area contributed by atoms with E-state index in [-0.39, 0.29) is 11.1 Å². The van der Waals surface area contributed by atoms with Gasteiger partial charge in [0.05, 0.1) is 23.4 Å². The molecule has 1 N–H and O–H groups in total. The first kappa shape index (κ1) is 25.4. The standard InChI is InChI=1S/C32H35F2N5O/c1-19-12-27-29(37(2)32(19)40)14-22(20-5-6-20)15-30(27)38-11-3-4-21-13-25(26(31(33)34)16-28(21)38)23-17-36-39(18-23)24-7-9-35-10-8-24/h12-18,20,24,31,35H,3-11H2,1-2H3. The summed E-state index contributed by atoms with van der Waals surface area (Å²) in [7, 11) is 1.83. The number of anilines is 2. The number of aromatic nitrogens is 3. The third kappa shape index (κ3) is 4.33. The molecule has 6 nitrogen and oxygen atoms in total.